The topological polar surface area (TPSA) is 36.3 Å². The van der Waals surface area contributed by atoms with Gasteiger partial charge in [0.25, 0.3) is 0 Å². The lowest BCUT2D eigenvalue weighted by Crippen LogP contribution is -2.26. The van der Waals surface area contributed by atoms with Crippen molar-refractivity contribution < 1.29 is 9.13 Å². The quantitative estimate of drug-likeness (QED) is 0.735. The summed E-state index contributed by atoms with van der Waals surface area (Å²) in [5, 5.41) is 9.12. The van der Waals surface area contributed by atoms with Crippen molar-refractivity contribution in [2.45, 2.75) is 31.8 Å². The molecule has 1 aliphatic rings. The minimum Gasteiger partial charge on any atom is -0.366 e. The average molecular weight is 328 g/mol. The van der Waals surface area contributed by atoms with E-state index in [2.05, 4.69) is 25.1 Å². The summed E-state index contributed by atoms with van der Waals surface area (Å²) in [5.41, 5.74) is 2.34. The molecule has 0 N–H and O–H groups in total. The van der Waals surface area contributed by atoms with Crippen LogP contribution in [0.5, 0.6) is 0 Å². The Hall–Kier alpha value is -1.96. The van der Waals surface area contributed by atoms with Gasteiger partial charge >= 0.3 is 0 Å². The first-order valence-corrected chi connectivity index (χ1v) is 8.29. The van der Waals surface area contributed by atoms with E-state index < -0.39 is 5.60 Å². The summed E-state index contributed by atoms with van der Waals surface area (Å²) in [6.07, 6.45) is 6.32. The van der Waals surface area contributed by atoms with Crippen LogP contribution >= 0.6 is 0 Å². The van der Waals surface area contributed by atoms with Crippen LogP contribution in [0.25, 0.3) is 0 Å². The standard InChI is InChI=1S/C20H25FN2O/c1-4-16(14-22)12-17-13-20(24-15-17,10-5-11-23(2)3)18-6-8-19(21)9-7-18/h4,6-9,12H,5,10-11,13,15H2,1-3H3/b16-4+,17-12+. The minimum absolute atomic E-state index is 0.239. The lowest BCUT2D eigenvalue weighted by atomic mass is 9.85. The molecule has 0 bridgehead atoms. The van der Waals surface area contributed by atoms with Crippen LogP contribution in [0.3, 0.4) is 0 Å². The Morgan fingerprint density at radius 3 is 2.67 bits per heavy atom. The molecule has 24 heavy (non-hydrogen) atoms. The molecule has 1 unspecified atom stereocenters. The molecular formula is C20H25FN2O. The van der Waals surface area contributed by atoms with Crippen LogP contribution < -0.4 is 0 Å². The highest BCUT2D eigenvalue weighted by Gasteiger charge is 2.38. The highest BCUT2D eigenvalue weighted by molar-refractivity contribution is 5.38. The first kappa shape index (κ1) is 18.4. The highest BCUT2D eigenvalue weighted by atomic mass is 19.1. The molecule has 0 spiro atoms. The van der Waals surface area contributed by atoms with Gasteiger partial charge in [-0.05, 0) is 69.8 Å². The molecule has 4 heteroatoms. The smallest absolute Gasteiger partial charge is 0.123 e. The maximum Gasteiger partial charge on any atom is 0.123 e. The monoisotopic (exact) mass is 328 g/mol. The molecule has 0 saturated carbocycles. The summed E-state index contributed by atoms with van der Waals surface area (Å²) in [5.74, 6) is -0.239. The van der Waals surface area contributed by atoms with Crippen LogP contribution in [0.15, 0.2) is 47.6 Å². The molecule has 3 nitrogen and oxygen atoms in total. The summed E-state index contributed by atoms with van der Waals surface area (Å²) in [6, 6.07) is 8.79. The van der Waals surface area contributed by atoms with E-state index in [4.69, 9.17) is 10.00 Å². The lowest BCUT2D eigenvalue weighted by Gasteiger charge is -2.29. The van der Waals surface area contributed by atoms with Crippen molar-refractivity contribution in [2.24, 2.45) is 0 Å². The normalized spacial score (nSPS) is 23.0. The van der Waals surface area contributed by atoms with Crippen LogP contribution in [-0.4, -0.2) is 32.1 Å². The fourth-order valence-electron chi connectivity index (χ4n) is 3.12. The molecule has 1 aromatic carbocycles. The molecule has 0 radical (unpaired) electrons. The van der Waals surface area contributed by atoms with Gasteiger partial charge in [0.05, 0.1) is 18.3 Å². The fourth-order valence-corrected chi connectivity index (χ4v) is 3.12. The zero-order chi connectivity index (χ0) is 17.6. The third-order valence-corrected chi connectivity index (χ3v) is 4.40. The summed E-state index contributed by atoms with van der Waals surface area (Å²) in [6.45, 7) is 3.34. The number of nitrogens with zero attached hydrogens (tertiary/aromatic N) is 2. The summed E-state index contributed by atoms with van der Waals surface area (Å²) in [7, 11) is 4.10. The minimum atomic E-state index is -0.427. The number of hydrogen-bond donors (Lipinski definition) is 0. The number of benzene rings is 1. The Kier molecular flexibility index (Phi) is 6.30. The van der Waals surface area contributed by atoms with Gasteiger partial charge < -0.3 is 9.64 Å². The number of ether oxygens (including phenoxy) is 1. The van der Waals surface area contributed by atoms with Gasteiger partial charge in [0, 0.05) is 12.0 Å². The number of allylic oxidation sites excluding steroid dienone is 3. The molecule has 0 aromatic heterocycles. The summed E-state index contributed by atoms with van der Waals surface area (Å²) in [4.78, 5) is 2.15. The van der Waals surface area contributed by atoms with E-state index in [0.717, 1.165) is 36.9 Å². The third-order valence-electron chi connectivity index (χ3n) is 4.40. The van der Waals surface area contributed by atoms with Gasteiger partial charge in [0.1, 0.15) is 5.82 Å². The largest absolute Gasteiger partial charge is 0.366 e. The van der Waals surface area contributed by atoms with Gasteiger partial charge in [-0.25, -0.2) is 4.39 Å². The van der Waals surface area contributed by atoms with Crippen LogP contribution in [0.4, 0.5) is 4.39 Å². The second kappa shape index (κ2) is 8.23. The van der Waals surface area contributed by atoms with Gasteiger partial charge in [-0.2, -0.15) is 5.26 Å². The molecule has 0 aliphatic carbocycles. The number of halogens is 1. The Labute approximate surface area is 144 Å². The van der Waals surface area contributed by atoms with Crippen molar-refractivity contribution in [2.75, 3.05) is 27.2 Å². The van der Waals surface area contributed by atoms with Crippen molar-refractivity contribution in [3.8, 4) is 6.07 Å². The Morgan fingerprint density at radius 2 is 2.08 bits per heavy atom. The zero-order valence-corrected chi connectivity index (χ0v) is 14.7. The molecule has 2 rings (SSSR count). The third kappa shape index (κ3) is 4.53. The van der Waals surface area contributed by atoms with Gasteiger partial charge in [0.15, 0.2) is 0 Å². The molecule has 1 saturated heterocycles. The van der Waals surface area contributed by atoms with Gasteiger partial charge in [-0.1, -0.05) is 18.2 Å². The van der Waals surface area contributed by atoms with Crippen LogP contribution in [0, 0.1) is 17.1 Å². The molecule has 1 aromatic rings. The second-order valence-electron chi connectivity index (χ2n) is 6.53. The number of nitriles is 1. The van der Waals surface area contributed by atoms with Crippen molar-refractivity contribution in [1.29, 1.82) is 5.26 Å². The van der Waals surface area contributed by atoms with Crippen LogP contribution in [-0.2, 0) is 10.3 Å². The van der Waals surface area contributed by atoms with Crippen molar-refractivity contribution in [3.05, 3.63) is 58.9 Å². The van der Waals surface area contributed by atoms with Gasteiger partial charge in [-0.15, -0.1) is 0 Å². The van der Waals surface area contributed by atoms with Crippen molar-refractivity contribution in [3.63, 3.8) is 0 Å². The second-order valence-corrected chi connectivity index (χ2v) is 6.53. The predicted molar refractivity (Wildman–Crippen MR) is 93.9 cm³/mol. The lowest BCUT2D eigenvalue weighted by molar-refractivity contribution is -0.00929. The Bertz CT molecular complexity index is 655. The van der Waals surface area contributed by atoms with E-state index in [1.54, 1.807) is 6.08 Å². The van der Waals surface area contributed by atoms with E-state index in [1.165, 1.54) is 12.1 Å². The first-order chi connectivity index (χ1) is 11.5. The van der Waals surface area contributed by atoms with E-state index in [-0.39, 0.29) is 5.82 Å². The van der Waals surface area contributed by atoms with E-state index in [1.807, 2.05) is 25.1 Å². The Morgan fingerprint density at radius 1 is 1.38 bits per heavy atom. The predicted octanol–water partition coefficient (Wildman–Crippen LogP) is 4.18. The molecule has 1 fully saturated rings. The molecule has 1 aliphatic heterocycles. The number of rotatable bonds is 6. The Balaban J connectivity index is 2.25. The SMILES string of the molecule is C/C=C(C#N)\C=C1\COC(CCCN(C)C)(c2ccc(F)cc2)C1. The van der Waals surface area contributed by atoms with Gasteiger partial charge in [0.2, 0.25) is 0 Å². The highest BCUT2D eigenvalue weighted by Crippen LogP contribution is 2.42. The molecule has 128 valence electrons. The first-order valence-electron chi connectivity index (χ1n) is 8.29. The van der Waals surface area contributed by atoms with Crippen molar-refractivity contribution in [1.82, 2.24) is 4.90 Å². The number of hydrogen-bond acceptors (Lipinski definition) is 3. The summed E-state index contributed by atoms with van der Waals surface area (Å²) >= 11 is 0. The molecule has 0 amide bonds. The zero-order valence-electron chi connectivity index (χ0n) is 14.7. The van der Waals surface area contributed by atoms with E-state index in [0.29, 0.717) is 12.2 Å². The molecular weight excluding hydrogens is 303 g/mol. The average Bonchev–Trinajstić information content (AvgIpc) is 2.97. The van der Waals surface area contributed by atoms with E-state index >= 15 is 0 Å². The fraction of sp³-hybridized carbons (Fsp3) is 0.450. The maximum absolute atomic E-state index is 13.3. The van der Waals surface area contributed by atoms with Crippen LogP contribution in [0.1, 0.15) is 31.7 Å². The van der Waals surface area contributed by atoms with Crippen molar-refractivity contribution >= 4 is 0 Å². The molecule has 1 heterocycles. The van der Waals surface area contributed by atoms with Gasteiger partial charge in [-0.3, -0.25) is 0 Å². The summed E-state index contributed by atoms with van der Waals surface area (Å²) < 4.78 is 19.5. The van der Waals surface area contributed by atoms with Crippen LogP contribution in [0.2, 0.25) is 0 Å². The molecule has 1 atom stereocenters. The maximum atomic E-state index is 13.3. The van der Waals surface area contributed by atoms with E-state index in [9.17, 15) is 4.39 Å².